The van der Waals surface area contributed by atoms with E-state index in [1.54, 1.807) is 5.19 Å². The lowest BCUT2D eigenvalue weighted by Gasteiger charge is -2.33. The third kappa shape index (κ3) is 2.54. The summed E-state index contributed by atoms with van der Waals surface area (Å²) in [6, 6.07) is 40.1. The number of furan rings is 1. The third-order valence-electron chi connectivity index (χ3n) is 8.26. The molecule has 1 aromatic heterocycles. The summed E-state index contributed by atoms with van der Waals surface area (Å²) in [6.07, 6.45) is 0. The minimum Gasteiger partial charge on any atom is -0.455 e. The van der Waals surface area contributed by atoms with Crippen molar-refractivity contribution in [2.75, 3.05) is 0 Å². The first-order valence-corrected chi connectivity index (χ1v) is 15.6. The number of fused-ring (bicyclic) bond motifs is 7. The van der Waals surface area contributed by atoms with Crippen molar-refractivity contribution in [1.29, 1.82) is 0 Å². The van der Waals surface area contributed by atoms with E-state index in [0.29, 0.717) is 0 Å². The van der Waals surface area contributed by atoms with Crippen molar-refractivity contribution in [2.24, 2.45) is 0 Å². The Kier molecular flexibility index (Phi) is 3.89. The number of hydrogen-bond donors (Lipinski definition) is 0. The lowest BCUT2D eigenvalue weighted by Crippen LogP contribution is -2.55. The summed E-state index contributed by atoms with van der Waals surface area (Å²) in [5.41, 5.74) is 7.15. The normalized spacial score (nSPS) is 14.1. The Morgan fingerprint density at radius 2 is 1.31 bits per heavy atom. The molecule has 0 aliphatic carbocycles. The van der Waals surface area contributed by atoms with Crippen LogP contribution in [0.4, 0.5) is 0 Å². The molecule has 0 atom stereocenters. The van der Waals surface area contributed by atoms with Crippen molar-refractivity contribution < 1.29 is 4.42 Å². The van der Waals surface area contributed by atoms with Gasteiger partial charge in [0.05, 0.1) is 0 Å². The van der Waals surface area contributed by atoms with E-state index in [0.717, 1.165) is 11.2 Å². The molecule has 0 saturated carbocycles. The standard InChI is InChI=1S/C34H24OSi/c1-36(2)30-19-17-23(20-28(30)26-13-5-9-22-10-6-15-31(36)32(22)26)24-12-7-14-29-33(24)27-18-16-21-8-3-4-11-25(21)34(27)35-29/h3-20H,1-2H3. The zero-order chi connectivity index (χ0) is 24.0. The molecule has 1 aliphatic heterocycles. The van der Waals surface area contributed by atoms with Crippen molar-refractivity contribution in [3.05, 3.63) is 109 Å². The summed E-state index contributed by atoms with van der Waals surface area (Å²) in [5, 5.41) is 10.6. The van der Waals surface area contributed by atoms with Gasteiger partial charge in [-0.05, 0) is 67.0 Å². The zero-order valence-electron chi connectivity index (χ0n) is 20.3. The smallest absolute Gasteiger partial charge is 0.143 e. The van der Waals surface area contributed by atoms with E-state index < -0.39 is 8.07 Å². The predicted octanol–water partition coefficient (Wildman–Crippen LogP) is 8.36. The second-order valence-corrected chi connectivity index (χ2v) is 14.9. The van der Waals surface area contributed by atoms with Crippen LogP contribution in [0.1, 0.15) is 0 Å². The lowest BCUT2D eigenvalue weighted by molar-refractivity contribution is 0.673. The molecular weight excluding hydrogens is 452 g/mol. The molecule has 2 heteroatoms. The van der Waals surface area contributed by atoms with Crippen LogP contribution in [0, 0.1) is 0 Å². The van der Waals surface area contributed by atoms with Gasteiger partial charge in [-0.2, -0.15) is 0 Å². The first-order valence-electron chi connectivity index (χ1n) is 12.6. The summed E-state index contributed by atoms with van der Waals surface area (Å²) in [4.78, 5) is 0. The summed E-state index contributed by atoms with van der Waals surface area (Å²) < 4.78 is 6.47. The Balaban J connectivity index is 1.44. The van der Waals surface area contributed by atoms with E-state index in [2.05, 4.69) is 122 Å². The first-order chi connectivity index (χ1) is 17.6. The molecule has 0 amide bonds. The molecule has 0 fully saturated rings. The molecule has 1 aliphatic rings. The van der Waals surface area contributed by atoms with Crippen molar-refractivity contribution in [2.45, 2.75) is 13.1 Å². The molecule has 170 valence electrons. The minimum atomic E-state index is -1.82. The van der Waals surface area contributed by atoms with Crippen molar-refractivity contribution in [3.63, 3.8) is 0 Å². The molecule has 7 aromatic rings. The summed E-state index contributed by atoms with van der Waals surface area (Å²) in [6.45, 7) is 4.98. The third-order valence-corrected chi connectivity index (χ3v) is 11.8. The van der Waals surface area contributed by atoms with Gasteiger partial charge >= 0.3 is 0 Å². The molecular formula is C34H24OSi. The molecule has 8 rings (SSSR count). The Hall–Kier alpha value is -4.14. The van der Waals surface area contributed by atoms with Gasteiger partial charge < -0.3 is 4.42 Å². The van der Waals surface area contributed by atoms with Crippen molar-refractivity contribution in [3.8, 4) is 22.3 Å². The Labute approximate surface area is 210 Å². The monoisotopic (exact) mass is 476 g/mol. The fraction of sp³-hybridized carbons (Fsp3) is 0.0588. The largest absolute Gasteiger partial charge is 0.455 e. The summed E-state index contributed by atoms with van der Waals surface area (Å²) in [7, 11) is -1.82. The maximum Gasteiger partial charge on any atom is 0.143 e. The van der Waals surface area contributed by atoms with Crippen LogP contribution >= 0.6 is 0 Å². The predicted molar refractivity (Wildman–Crippen MR) is 156 cm³/mol. The van der Waals surface area contributed by atoms with Crippen molar-refractivity contribution in [1.82, 2.24) is 0 Å². The fourth-order valence-corrected chi connectivity index (χ4v) is 9.59. The molecule has 1 nitrogen and oxygen atoms in total. The highest BCUT2D eigenvalue weighted by Gasteiger charge is 2.35. The zero-order valence-corrected chi connectivity index (χ0v) is 21.3. The molecule has 2 heterocycles. The SMILES string of the molecule is C[Si]1(C)c2ccc(-c3cccc4oc5c6ccccc6ccc5c34)cc2-c2cccc3cccc1c23. The van der Waals surface area contributed by atoms with E-state index >= 15 is 0 Å². The van der Waals surface area contributed by atoms with Gasteiger partial charge in [0, 0.05) is 16.2 Å². The average Bonchev–Trinajstić information content (AvgIpc) is 3.31. The Bertz CT molecular complexity index is 2020. The number of benzene rings is 6. The van der Waals surface area contributed by atoms with E-state index in [1.165, 1.54) is 59.8 Å². The Morgan fingerprint density at radius 1 is 0.528 bits per heavy atom. The van der Waals surface area contributed by atoms with Crippen LogP contribution in [-0.2, 0) is 0 Å². The van der Waals surface area contributed by atoms with E-state index in [9.17, 15) is 0 Å². The van der Waals surface area contributed by atoms with Gasteiger partial charge in [0.15, 0.2) is 0 Å². The van der Waals surface area contributed by atoms with Crippen LogP contribution in [0.5, 0.6) is 0 Å². The fourth-order valence-electron chi connectivity index (χ4n) is 6.51. The highest BCUT2D eigenvalue weighted by atomic mass is 28.3. The van der Waals surface area contributed by atoms with Gasteiger partial charge in [-0.25, -0.2) is 0 Å². The molecule has 6 aromatic carbocycles. The van der Waals surface area contributed by atoms with Crippen molar-refractivity contribution >= 4 is 61.9 Å². The molecule has 0 N–H and O–H groups in total. The van der Waals surface area contributed by atoms with E-state index in [4.69, 9.17) is 4.42 Å². The van der Waals surface area contributed by atoms with Crippen LogP contribution in [0.25, 0.3) is 65.7 Å². The van der Waals surface area contributed by atoms with Gasteiger partial charge in [0.2, 0.25) is 0 Å². The number of rotatable bonds is 1. The van der Waals surface area contributed by atoms with Crippen LogP contribution in [0.15, 0.2) is 114 Å². The molecule has 0 radical (unpaired) electrons. The van der Waals surface area contributed by atoms with E-state index in [1.807, 2.05) is 0 Å². The average molecular weight is 477 g/mol. The maximum atomic E-state index is 6.47. The summed E-state index contributed by atoms with van der Waals surface area (Å²) in [5.74, 6) is 0. The second kappa shape index (κ2) is 6.96. The van der Waals surface area contributed by atoms with Crippen LogP contribution in [-0.4, -0.2) is 8.07 Å². The van der Waals surface area contributed by atoms with Crippen LogP contribution in [0.3, 0.4) is 0 Å². The van der Waals surface area contributed by atoms with E-state index in [-0.39, 0.29) is 0 Å². The highest BCUT2D eigenvalue weighted by Crippen LogP contribution is 2.41. The van der Waals surface area contributed by atoms with Gasteiger partial charge in [0.25, 0.3) is 0 Å². The Morgan fingerprint density at radius 3 is 2.22 bits per heavy atom. The lowest BCUT2D eigenvalue weighted by atomic mass is 9.93. The van der Waals surface area contributed by atoms with Gasteiger partial charge in [0.1, 0.15) is 19.2 Å². The molecule has 0 bridgehead atoms. The summed E-state index contributed by atoms with van der Waals surface area (Å²) >= 11 is 0. The maximum absolute atomic E-state index is 6.47. The minimum absolute atomic E-state index is 0.943. The molecule has 0 unspecified atom stereocenters. The van der Waals surface area contributed by atoms with Gasteiger partial charge in [-0.15, -0.1) is 0 Å². The second-order valence-electron chi connectivity index (χ2n) is 10.5. The van der Waals surface area contributed by atoms with Crippen LogP contribution < -0.4 is 10.4 Å². The number of hydrogen-bond acceptors (Lipinski definition) is 1. The molecule has 0 saturated heterocycles. The van der Waals surface area contributed by atoms with Gasteiger partial charge in [-0.3, -0.25) is 0 Å². The van der Waals surface area contributed by atoms with Gasteiger partial charge in [-0.1, -0.05) is 104 Å². The highest BCUT2D eigenvalue weighted by molar-refractivity contribution is 7.03. The van der Waals surface area contributed by atoms with Crippen LogP contribution in [0.2, 0.25) is 13.1 Å². The first kappa shape index (κ1) is 20.1. The molecule has 36 heavy (non-hydrogen) atoms. The topological polar surface area (TPSA) is 13.1 Å². The molecule has 0 spiro atoms. The quantitative estimate of drug-likeness (QED) is 0.217.